The molecule has 0 unspecified atom stereocenters. The molecule has 1 amide bonds. The summed E-state index contributed by atoms with van der Waals surface area (Å²) in [5.74, 6) is 0.485. The van der Waals surface area contributed by atoms with Gasteiger partial charge in [-0.3, -0.25) is 4.79 Å². The zero-order valence-corrected chi connectivity index (χ0v) is 10.9. The lowest BCUT2D eigenvalue weighted by Gasteiger charge is -2.28. The quantitative estimate of drug-likeness (QED) is 0.833. The van der Waals surface area contributed by atoms with Crippen LogP contribution in [0.25, 0.3) is 0 Å². The van der Waals surface area contributed by atoms with Crippen molar-refractivity contribution in [3.05, 3.63) is 0 Å². The minimum absolute atomic E-state index is 0.0905. The van der Waals surface area contributed by atoms with Gasteiger partial charge in [0, 0.05) is 19.1 Å². The number of amides is 1. The standard InChI is InChI=1S/C14H22N2O2/c15-10-13(11-6-8-18-9-7-11)16-14(17)12-4-2-1-3-5-12/h11-13H,1-9H2,(H,16,17)/t13-/m0/s1. The Bertz CT molecular complexity index is 312. The Labute approximate surface area is 109 Å². The first-order chi connectivity index (χ1) is 8.81. The second kappa shape index (κ2) is 6.75. The predicted molar refractivity (Wildman–Crippen MR) is 67.7 cm³/mol. The molecular weight excluding hydrogens is 228 g/mol. The third-order valence-electron chi connectivity index (χ3n) is 4.15. The summed E-state index contributed by atoms with van der Waals surface area (Å²) in [5.41, 5.74) is 0. The van der Waals surface area contributed by atoms with E-state index >= 15 is 0 Å². The van der Waals surface area contributed by atoms with Crippen LogP contribution in [0.2, 0.25) is 0 Å². The molecule has 0 aromatic carbocycles. The van der Waals surface area contributed by atoms with Crippen molar-refractivity contribution in [2.75, 3.05) is 13.2 Å². The summed E-state index contributed by atoms with van der Waals surface area (Å²) in [5, 5.41) is 12.2. The van der Waals surface area contributed by atoms with E-state index in [1.807, 2.05) is 0 Å². The number of nitrogens with one attached hydrogen (secondary N) is 1. The van der Waals surface area contributed by atoms with E-state index in [-0.39, 0.29) is 23.8 Å². The Balaban J connectivity index is 1.85. The van der Waals surface area contributed by atoms with E-state index in [0.29, 0.717) is 13.2 Å². The molecule has 1 aliphatic carbocycles. The lowest BCUT2D eigenvalue weighted by atomic mass is 9.87. The first-order valence-electron chi connectivity index (χ1n) is 7.09. The van der Waals surface area contributed by atoms with Crippen LogP contribution in [0.1, 0.15) is 44.9 Å². The van der Waals surface area contributed by atoms with Gasteiger partial charge in [-0.2, -0.15) is 5.26 Å². The van der Waals surface area contributed by atoms with Crippen molar-refractivity contribution < 1.29 is 9.53 Å². The Morgan fingerprint density at radius 3 is 2.44 bits per heavy atom. The first kappa shape index (κ1) is 13.4. The molecule has 1 N–H and O–H groups in total. The van der Waals surface area contributed by atoms with Gasteiger partial charge in [0.1, 0.15) is 6.04 Å². The largest absolute Gasteiger partial charge is 0.381 e. The molecule has 2 aliphatic rings. The molecule has 1 aliphatic heterocycles. The molecule has 18 heavy (non-hydrogen) atoms. The zero-order valence-electron chi connectivity index (χ0n) is 10.9. The number of carbonyl (C=O) groups is 1. The molecule has 100 valence electrons. The van der Waals surface area contributed by atoms with Gasteiger partial charge in [0.2, 0.25) is 5.91 Å². The van der Waals surface area contributed by atoms with Crippen molar-refractivity contribution in [2.45, 2.75) is 51.0 Å². The summed E-state index contributed by atoms with van der Waals surface area (Å²) in [6.45, 7) is 1.42. The normalized spacial score (nSPS) is 24.2. The van der Waals surface area contributed by atoms with E-state index < -0.39 is 0 Å². The molecule has 2 fully saturated rings. The highest BCUT2D eigenvalue weighted by Gasteiger charge is 2.28. The topological polar surface area (TPSA) is 62.1 Å². The third-order valence-corrected chi connectivity index (χ3v) is 4.15. The third kappa shape index (κ3) is 3.46. The number of hydrogen-bond acceptors (Lipinski definition) is 3. The number of carbonyl (C=O) groups excluding carboxylic acids is 1. The predicted octanol–water partition coefficient (Wildman–Crippen LogP) is 2.00. The monoisotopic (exact) mass is 250 g/mol. The Hall–Kier alpha value is -1.08. The van der Waals surface area contributed by atoms with E-state index in [1.165, 1.54) is 6.42 Å². The smallest absolute Gasteiger partial charge is 0.224 e. The fraction of sp³-hybridized carbons (Fsp3) is 0.857. The maximum atomic E-state index is 12.1. The minimum atomic E-state index is -0.330. The van der Waals surface area contributed by atoms with Crippen molar-refractivity contribution in [2.24, 2.45) is 11.8 Å². The van der Waals surface area contributed by atoms with Gasteiger partial charge in [-0.05, 0) is 31.6 Å². The average Bonchev–Trinajstić information content (AvgIpc) is 2.46. The van der Waals surface area contributed by atoms with Gasteiger partial charge in [-0.1, -0.05) is 19.3 Å². The number of ether oxygens (including phenoxy) is 1. The fourth-order valence-electron chi connectivity index (χ4n) is 2.94. The summed E-state index contributed by atoms with van der Waals surface area (Å²) < 4.78 is 5.29. The van der Waals surface area contributed by atoms with Crippen LogP contribution in [0.3, 0.4) is 0 Å². The number of hydrogen-bond donors (Lipinski definition) is 1. The van der Waals surface area contributed by atoms with E-state index in [9.17, 15) is 10.1 Å². The Morgan fingerprint density at radius 1 is 1.17 bits per heavy atom. The molecule has 0 radical (unpaired) electrons. The van der Waals surface area contributed by atoms with E-state index in [1.54, 1.807) is 0 Å². The lowest BCUT2D eigenvalue weighted by Crippen LogP contribution is -2.44. The molecular formula is C14H22N2O2. The second-order valence-corrected chi connectivity index (χ2v) is 5.40. The van der Waals surface area contributed by atoms with Crippen LogP contribution in [0.5, 0.6) is 0 Å². The van der Waals surface area contributed by atoms with Crippen LogP contribution < -0.4 is 5.32 Å². The molecule has 4 nitrogen and oxygen atoms in total. The molecule has 1 heterocycles. The lowest BCUT2D eigenvalue weighted by molar-refractivity contribution is -0.126. The second-order valence-electron chi connectivity index (χ2n) is 5.40. The summed E-state index contributed by atoms with van der Waals surface area (Å²) in [6, 6.07) is 1.92. The maximum absolute atomic E-state index is 12.1. The van der Waals surface area contributed by atoms with Crippen molar-refractivity contribution >= 4 is 5.91 Å². The zero-order chi connectivity index (χ0) is 12.8. The average molecular weight is 250 g/mol. The van der Waals surface area contributed by atoms with Crippen LogP contribution in [0.4, 0.5) is 0 Å². The van der Waals surface area contributed by atoms with Crippen LogP contribution in [0.15, 0.2) is 0 Å². The molecule has 0 spiro atoms. The Kier molecular flexibility index (Phi) is 5.00. The minimum Gasteiger partial charge on any atom is -0.381 e. The van der Waals surface area contributed by atoms with Gasteiger partial charge in [-0.15, -0.1) is 0 Å². The van der Waals surface area contributed by atoms with Gasteiger partial charge in [0.25, 0.3) is 0 Å². The molecule has 0 aromatic rings. The van der Waals surface area contributed by atoms with Gasteiger partial charge >= 0.3 is 0 Å². The van der Waals surface area contributed by atoms with Gasteiger partial charge in [0.15, 0.2) is 0 Å². The molecule has 1 atom stereocenters. The highest BCUT2D eigenvalue weighted by Crippen LogP contribution is 2.25. The number of rotatable bonds is 3. The van der Waals surface area contributed by atoms with Gasteiger partial charge in [0.05, 0.1) is 6.07 Å². The number of nitriles is 1. The summed E-state index contributed by atoms with van der Waals surface area (Å²) >= 11 is 0. The first-order valence-corrected chi connectivity index (χ1v) is 7.09. The van der Waals surface area contributed by atoms with Crippen LogP contribution in [0, 0.1) is 23.2 Å². The van der Waals surface area contributed by atoms with Gasteiger partial charge in [-0.25, -0.2) is 0 Å². The Morgan fingerprint density at radius 2 is 1.83 bits per heavy atom. The molecule has 0 aromatic heterocycles. The molecule has 1 saturated heterocycles. The summed E-state index contributed by atoms with van der Waals surface area (Å²) in [4.78, 5) is 12.1. The molecule has 1 saturated carbocycles. The molecule has 2 rings (SSSR count). The maximum Gasteiger partial charge on any atom is 0.224 e. The highest BCUT2D eigenvalue weighted by molar-refractivity contribution is 5.79. The van der Waals surface area contributed by atoms with E-state index in [2.05, 4.69) is 11.4 Å². The SMILES string of the molecule is N#C[C@H](NC(=O)C1CCCCC1)C1CCOCC1. The summed E-state index contributed by atoms with van der Waals surface area (Å²) in [7, 11) is 0. The summed E-state index contributed by atoms with van der Waals surface area (Å²) in [6.07, 6.45) is 7.26. The van der Waals surface area contributed by atoms with Crippen LogP contribution >= 0.6 is 0 Å². The van der Waals surface area contributed by atoms with Crippen molar-refractivity contribution in [1.82, 2.24) is 5.32 Å². The van der Waals surface area contributed by atoms with Gasteiger partial charge < -0.3 is 10.1 Å². The van der Waals surface area contributed by atoms with Crippen molar-refractivity contribution in [1.29, 1.82) is 5.26 Å². The highest BCUT2D eigenvalue weighted by atomic mass is 16.5. The van der Waals surface area contributed by atoms with E-state index in [4.69, 9.17) is 4.74 Å². The van der Waals surface area contributed by atoms with Crippen LogP contribution in [-0.4, -0.2) is 25.2 Å². The molecule has 0 bridgehead atoms. The van der Waals surface area contributed by atoms with Crippen molar-refractivity contribution in [3.8, 4) is 6.07 Å². The van der Waals surface area contributed by atoms with Crippen LogP contribution in [-0.2, 0) is 9.53 Å². The molecule has 4 heteroatoms. The van der Waals surface area contributed by atoms with E-state index in [0.717, 1.165) is 38.5 Å². The van der Waals surface area contributed by atoms with Crippen molar-refractivity contribution in [3.63, 3.8) is 0 Å². The fourth-order valence-corrected chi connectivity index (χ4v) is 2.94. The number of nitrogens with zero attached hydrogens (tertiary/aromatic N) is 1.